The third-order valence-electron chi connectivity index (χ3n) is 4.82. The van der Waals surface area contributed by atoms with Crippen LogP contribution >= 0.6 is 0 Å². The van der Waals surface area contributed by atoms with Crippen LogP contribution in [-0.4, -0.2) is 25.8 Å². The van der Waals surface area contributed by atoms with Gasteiger partial charge in [0.25, 0.3) is 0 Å². The van der Waals surface area contributed by atoms with Crippen molar-refractivity contribution in [3.8, 4) is 0 Å². The van der Waals surface area contributed by atoms with E-state index < -0.39 is 0 Å². The Morgan fingerprint density at radius 2 is 1.00 bits per heavy atom. The van der Waals surface area contributed by atoms with Gasteiger partial charge in [-0.2, -0.15) is 0 Å². The predicted octanol–water partition coefficient (Wildman–Crippen LogP) is 8.02. The van der Waals surface area contributed by atoms with Crippen molar-refractivity contribution in [3.05, 3.63) is 12.7 Å². The molecule has 0 aliphatic heterocycles. The second kappa shape index (κ2) is 28.4. The molecule has 0 aliphatic carbocycles. The monoisotopic (exact) mass is 398 g/mol. The van der Waals surface area contributed by atoms with Gasteiger partial charge < -0.3 is 9.47 Å². The van der Waals surface area contributed by atoms with Crippen molar-refractivity contribution in [2.24, 2.45) is 0 Å². The van der Waals surface area contributed by atoms with Crippen molar-refractivity contribution in [1.82, 2.24) is 0 Å². The largest absolute Gasteiger partial charge is 0.463 e. The van der Waals surface area contributed by atoms with Gasteiger partial charge in [-0.25, -0.2) is 4.79 Å². The van der Waals surface area contributed by atoms with Gasteiger partial charge in [0.1, 0.15) is 0 Å². The van der Waals surface area contributed by atoms with Gasteiger partial charge in [-0.3, -0.25) is 0 Å². The molecule has 0 bridgehead atoms. The lowest BCUT2D eigenvalue weighted by Crippen LogP contribution is -2.01. The quantitative estimate of drug-likeness (QED) is 0.118. The summed E-state index contributed by atoms with van der Waals surface area (Å²) in [7, 11) is 0. The molecule has 0 amide bonds. The van der Waals surface area contributed by atoms with Crippen LogP contribution in [0.25, 0.3) is 0 Å². The molecule has 0 unspecified atom stereocenters. The van der Waals surface area contributed by atoms with Crippen molar-refractivity contribution in [3.63, 3.8) is 0 Å². The number of esters is 1. The number of unbranched alkanes of at least 4 members (excludes halogenated alkanes) is 15. The highest BCUT2D eigenvalue weighted by Crippen LogP contribution is 2.13. The topological polar surface area (TPSA) is 35.5 Å². The van der Waals surface area contributed by atoms with E-state index in [1.54, 1.807) is 0 Å². The van der Waals surface area contributed by atoms with Crippen molar-refractivity contribution in [1.29, 1.82) is 0 Å². The fraction of sp³-hybridized carbons (Fsp3) is 0.880. The van der Waals surface area contributed by atoms with Gasteiger partial charge in [0.15, 0.2) is 0 Å². The molecule has 0 radical (unpaired) electrons. The zero-order valence-electron chi connectivity index (χ0n) is 19.4. The van der Waals surface area contributed by atoms with Crippen molar-refractivity contribution in [2.45, 2.75) is 124 Å². The number of ether oxygens (including phenoxy) is 2. The maximum atomic E-state index is 10.8. The van der Waals surface area contributed by atoms with E-state index in [4.69, 9.17) is 9.47 Å². The standard InChI is InChI=1S/C21H40O2.C4H10O/c1-3-5-6-7-8-9-10-11-12-13-14-15-16-17-18-19-20-23-21(22)4-2;1-3-5-4-2/h4H,2-3,5-20H2,1H3;3-4H2,1-2H3. The van der Waals surface area contributed by atoms with Gasteiger partial charge in [-0.1, -0.05) is 110 Å². The highest BCUT2D eigenvalue weighted by molar-refractivity contribution is 5.81. The van der Waals surface area contributed by atoms with Gasteiger partial charge in [-0.15, -0.1) is 0 Å². The lowest BCUT2D eigenvalue weighted by Gasteiger charge is -2.04. The Hall–Kier alpha value is -0.830. The van der Waals surface area contributed by atoms with E-state index in [0.717, 1.165) is 19.6 Å². The lowest BCUT2D eigenvalue weighted by atomic mass is 10.0. The van der Waals surface area contributed by atoms with Gasteiger partial charge in [0.05, 0.1) is 6.61 Å². The summed E-state index contributed by atoms with van der Waals surface area (Å²) in [4.78, 5) is 10.8. The van der Waals surface area contributed by atoms with E-state index in [-0.39, 0.29) is 5.97 Å². The first kappa shape index (κ1) is 29.4. The van der Waals surface area contributed by atoms with Gasteiger partial charge in [0.2, 0.25) is 0 Å². The molecule has 0 N–H and O–H groups in total. The predicted molar refractivity (Wildman–Crippen MR) is 123 cm³/mol. The Bertz CT molecular complexity index is 300. The minimum Gasteiger partial charge on any atom is -0.463 e. The molecule has 3 nitrogen and oxygen atoms in total. The van der Waals surface area contributed by atoms with E-state index >= 15 is 0 Å². The van der Waals surface area contributed by atoms with E-state index in [0.29, 0.717) is 6.61 Å². The number of carbonyl (C=O) groups excluding carboxylic acids is 1. The molecule has 0 atom stereocenters. The molecular weight excluding hydrogens is 348 g/mol. The summed E-state index contributed by atoms with van der Waals surface area (Å²) in [5.41, 5.74) is 0. The van der Waals surface area contributed by atoms with E-state index in [2.05, 4.69) is 13.5 Å². The molecule has 0 rings (SSSR count). The third-order valence-corrected chi connectivity index (χ3v) is 4.82. The highest BCUT2D eigenvalue weighted by atomic mass is 16.5. The summed E-state index contributed by atoms with van der Waals surface area (Å²) >= 11 is 0. The maximum absolute atomic E-state index is 10.8. The summed E-state index contributed by atoms with van der Waals surface area (Å²) < 4.78 is 9.79. The molecule has 0 aliphatic rings. The molecule has 0 aromatic rings. The number of carbonyl (C=O) groups is 1. The Morgan fingerprint density at radius 1 is 0.643 bits per heavy atom. The average molecular weight is 399 g/mol. The molecule has 0 aromatic carbocycles. The first-order valence-corrected chi connectivity index (χ1v) is 12.1. The SMILES string of the molecule is C=CC(=O)OCCCCCCCCCCCCCCCCCC.CCOCC. The second-order valence-electron chi connectivity index (χ2n) is 7.46. The summed E-state index contributed by atoms with van der Waals surface area (Å²) in [6.07, 6.45) is 23.0. The normalized spacial score (nSPS) is 10.2. The summed E-state index contributed by atoms with van der Waals surface area (Å²) in [5.74, 6) is -0.300. The minimum atomic E-state index is -0.300. The van der Waals surface area contributed by atoms with Crippen LogP contribution in [0.2, 0.25) is 0 Å². The van der Waals surface area contributed by atoms with Crippen molar-refractivity contribution in [2.75, 3.05) is 19.8 Å². The van der Waals surface area contributed by atoms with E-state index in [1.165, 1.54) is 102 Å². The van der Waals surface area contributed by atoms with Crippen LogP contribution in [0.1, 0.15) is 124 Å². The molecule has 0 fully saturated rings. The fourth-order valence-electron chi connectivity index (χ4n) is 3.09. The van der Waals surface area contributed by atoms with Crippen LogP contribution in [0.4, 0.5) is 0 Å². The summed E-state index contributed by atoms with van der Waals surface area (Å²) in [6, 6.07) is 0. The van der Waals surface area contributed by atoms with Gasteiger partial charge >= 0.3 is 5.97 Å². The molecule has 0 saturated carbocycles. The first-order valence-electron chi connectivity index (χ1n) is 12.1. The Labute approximate surface area is 176 Å². The zero-order valence-corrected chi connectivity index (χ0v) is 19.4. The minimum absolute atomic E-state index is 0.300. The van der Waals surface area contributed by atoms with Crippen LogP contribution in [0.3, 0.4) is 0 Å². The van der Waals surface area contributed by atoms with Crippen LogP contribution < -0.4 is 0 Å². The van der Waals surface area contributed by atoms with Crippen LogP contribution in [-0.2, 0) is 14.3 Å². The zero-order chi connectivity index (χ0) is 21.1. The number of hydrogen-bond acceptors (Lipinski definition) is 3. The number of rotatable bonds is 20. The third kappa shape index (κ3) is 29.9. The van der Waals surface area contributed by atoms with E-state index in [1.807, 2.05) is 13.8 Å². The van der Waals surface area contributed by atoms with Crippen LogP contribution in [0, 0.1) is 0 Å². The lowest BCUT2D eigenvalue weighted by molar-refractivity contribution is -0.137. The smallest absolute Gasteiger partial charge is 0.330 e. The van der Waals surface area contributed by atoms with Crippen LogP contribution in [0.15, 0.2) is 12.7 Å². The molecule has 0 aromatic heterocycles. The number of hydrogen-bond donors (Lipinski definition) is 0. The second-order valence-corrected chi connectivity index (χ2v) is 7.46. The molecule has 168 valence electrons. The summed E-state index contributed by atoms with van der Waals surface area (Å²) in [6.45, 7) is 11.9. The fourth-order valence-corrected chi connectivity index (χ4v) is 3.09. The first-order chi connectivity index (χ1) is 13.7. The average Bonchev–Trinajstić information content (AvgIpc) is 2.71. The van der Waals surface area contributed by atoms with E-state index in [9.17, 15) is 4.79 Å². The summed E-state index contributed by atoms with van der Waals surface area (Å²) in [5, 5.41) is 0. The van der Waals surface area contributed by atoms with Crippen LogP contribution in [0.5, 0.6) is 0 Å². The molecule has 3 heteroatoms. The van der Waals surface area contributed by atoms with Gasteiger partial charge in [-0.05, 0) is 20.3 Å². The molecule has 0 saturated heterocycles. The van der Waals surface area contributed by atoms with Gasteiger partial charge in [0, 0.05) is 19.3 Å². The molecule has 0 spiro atoms. The molecule has 0 heterocycles. The Balaban J connectivity index is 0. The maximum Gasteiger partial charge on any atom is 0.330 e. The highest BCUT2D eigenvalue weighted by Gasteiger charge is 1.96. The van der Waals surface area contributed by atoms with Crippen molar-refractivity contribution < 1.29 is 14.3 Å². The Morgan fingerprint density at radius 3 is 1.29 bits per heavy atom. The Kier molecular flexibility index (Phi) is 29.8. The molecule has 28 heavy (non-hydrogen) atoms. The van der Waals surface area contributed by atoms with Crippen molar-refractivity contribution >= 4 is 5.97 Å². The molecular formula is C25H50O3.